The van der Waals surface area contributed by atoms with Crippen molar-refractivity contribution < 1.29 is 18.3 Å². The van der Waals surface area contributed by atoms with Crippen molar-refractivity contribution in [2.24, 2.45) is 0 Å². The molecule has 3 aromatic rings. The van der Waals surface area contributed by atoms with Gasteiger partial charge in [0.25, 0.3) is 6.43 Å². The molecule has 0 N–H and O–H groups in total. The van der Waals surface area contributed by atoms with E-state index in [4.69, 9.17) is 4.74 Å². The molecule has 2 aliphatic rings. The molecule has 5 rings (SSSR count). The Hall–Kier alpha value is -3.72. The van der Waals surface area contributed by atoms with Crippen LogP contribution in [0.4, 0.5) is 8.78 Å². The van der Waals surface area contributed by atoms with Crippen LogP contribution in [0.15, 0.2) is 54.4 Å². The van der Waals surface area contributed by atoms with Gasteiger partial charge in [-0.25, -0.2) is 18.7 Å². The molecule has 1 aliphatic heterocycles. The third-order valence-electron chi connectivity index (χ3n) is 6.42. The summed E-state index contributed by atoms with van der Waals surface area (Å²) in [6.07, 6.45) is 3.79. The first-order valence-corrected chi connectivity index (χ1v) is 11.9. The largest absolute Gasteiger partial charge is 0.488 e. The zero-order valence-corrected chi connectivity index (χ0v) is 20.0. The molecule has 0 unspecified atom stereocenters. The minimum atomic E-state index is -2.55. The zero-order chi connectivity index (χ0) is 25.1. The highest BCUT2D eigenvalue weighted by Crippen LogP contribution is 2.28. The maximum atomic E-state index is 13.0. The summed E-state index contributed by atoms with van der Waals surface area (Å²) in [6.45, 7) is 2.65. The van der Waals surface area contributed by atoms with Crippen LogP contribution < -0.4 is 4.74 Å². The SMILES string of the molecule is CN1CCN(C(=O)C2=Cc3cc(Cc4nccc(-c5cc(OCC(F)F)ccn5)n4)ccc3C2)CC1. The molecule has 1 aromatic carbocycles. The number of hydrogen-bond donors (Lipinski definition) is 0. The number of halogens is 2. The van der Waals surface area contributed by atoms with Gasteiger partial charge in [0.2, 0.25) is 5.91 Å². The van der Waals surface area contributed by atoms with Gasteiger partial charge in [0.1, 0.15) is 18.2 Å². The Morgan fingerprint density at radius 1 is 1.03 bits per heavy atom. The summed E-state index contributed by atoms with van der Waals surface area (Å²) in [5.41, 5.74) is 5.20. The lowest BCUT2D eigenvalue weighted by Gasteiger charge is -2.32. The summed E-state index contributed by atoms with van der Waals surface area (Å²) in [6, 6.07) is 11.1. The van der Waals surface area contributed by atoms with Gasteiger partial charge < -0.3 is 14.5 Å². The van der Waals surface area contributed by atoms with E-state index in [1.54, 1.807) is 18.3 Å². The van der Waals surface area contributed by atoms with Crippen LogP contribution in [0.3, 0.4) is 0 Å². The third-order valence-corrected chi connectivity index (χ3v) is 6.42. The number of nitrogens with zero attached hydrogens (tertiary/aromatic N) is 5. The van der Waals surface area contributed by atoms with Crippen LogP contribution >= 0.6 is 0 Å². The molecule has 0 radical (unpaired) electrons. The molecule has 0 atom stereocenters. The van der Waals surface area contributed by atoms with Crippen molar-refractivity contribution in [3.63, 3.8) is 0 Å². The van der Waals surface area contributed by atoms with Crippen LogP contribution in [0.5, 0.6) is 5.75 Å². The Morgan fingerprint density at radius 2 is 1.83 bits per heavy atom. The van der Waals surface area contributed by atoms with E-state index in [0.29, 0.717) is 35.8 Å². The van der Waals surface area contributed by atoms with Gasteiger partial charge in [0.15, 0.2) is 0 Å². The molecular formula is C27H27F2N5O2. The second kappa shape index (κ2) is 10.5. The average Bonchev–Trinajstić information content (AvgIpc) is 3.31. The van der Waals surface area contributed by atoms with Gasteiger partial charge >= 0.3 is 0 Å². The number of fused-ring (bicyclic) bond motifs is 1. The molecule has 36 heavy (non-hydrogen) atoms. The van der Waals surface area contributed by atoms with Gasteiger partial charge in [-0.1, -0.05) is 18.2 Å². The predicted octanol–water partition coefficient (Wildman–Crippen LogP) is 3.49. The van der Waals surface area contributed by atoms with E-state index >= 15 is 0 Å². The van der Waals surface area contributed by atoms with Crippen LogP contribution in [0.25, 0.3) is 17.5 Å². The number of ether oxygens (including phenoxy) is 1. The summed E-state index contributed by atoms with van der Waals surface area (Å²) in [4.78, 5) is 30.5. The molecule has 0 saturated carbocycles. The van der Waals surface area contributed by atoms with Crippen molar-refractivity contribution >= 4 is 12.0 Å². The van der Waals surface area contributed by atoms with Crippen molar-refractivity contribution in [1.29, 1.82) is 0 Å². The van der Waals surface area contributed by atoms with Crippen LogP contribution in [-0.2, 0) is 17.6 Å². The normalized spacial score (nSPS) is 15.7. The Labute approximate surface area is 208 Å². The Bertz CT molecular complexity index is 1290. The quantitative estimate of drug-likeness (QED) is 0.504. The fourth-order valence-corrected chi connectivity index (χ4v) is 4.45. The van der Waals surface area contributed by atoms with E-state index in [2.05, 4.69) is 39.0 Å². The van der Waals surface area contributed by atoms with Crippen molar-refractivity contribution in [2.75, 3.05) is 39.8 Å². The summed E-state index contributed by atoms with van der Waals surface area (Å²) >= 11 is 0. The van der Waals surface area contributed by atoms with Gasteiger partial charge in [-0.05, 0) is 41.9 Å². The number of benzene rings is 1. The first kappa shape index (κ1) is 24.0. The maximum absolute atomic E-state index is 13.0. The molecule has 1 aliphatic carbocycles. The van der Waals surface area contributed by atoms with E-state index < -0.39 is 13.0 Å². The summed E-state index contributed by atoms with van der Waals surface area (Å²) in [7, 11) is 2.08. The van der Waals surface area contributed by atoms with Gasteiger partial charge in [0, 0.05) is 63.1 Å². The number of piperazine rings is 1. The van der Waals surface area contributed by atoms with Crippen LogP contribution in [0.1, 0.15) is 22.5 Å². The van der Waals surface area contributed by atoms with Crippen molar-refractivity contribution in [3.8, 4) is 17.1 Å². The van der Waals surface area contributed by atoms with E-state index in [1.165, 1.54) is 12.3 Å². The van der Waals surface area contributed by atoms with Gasteiger partial charge in [-0.15, -0.1) is 0 Å². The summed E-state index contributed by atoms with van der Waals surface area (Å²) in [5, 5.41) is 0. The Balaban J connectivity index is 1.29. The second-order valence-electron chi connectivity index (χ2n) is 9.09. The number of aromatic nitrogens is 3. The molecule has 1 fully saturated rings. The van der Waals surface area contributed by atoms with Crippen LogP contribution in [0, 0.1) is 0 Å². The minimum absolute atomic E-state index is 0.129. The topological polar surface area (TPSA) is 71.5 Å². The number of alkyl halides is 2. The first-order valence-electron chi connectivity index (χ1n) is 11.9. The first-order chi connectivity index (χ1) is 17.4. The Morgan fingerprint density at radius 3 is 2.64 bits per heavy atom. The summed E-state index contributed by atoms with van der Waals surface area (Å²) < 4.78 is 30.0. The summed E-state index contributed by atoms with van der Waals surface area (Å²) in [5.74, 6) is 1.06. The third kappa shape index (κ3) is 5.57. The number of rotatable bonds is 7. The molecule has 1 amide bonds. The van der Waals surface area contributed by atoms with Crippen molar-refractivity contribution in [1.82, 2.24) is 24.8 Å². The van der Waals surface area contributed by atoms with E-state index in [-0.39, 0.29) is 5.91 Å². The van der Waals surface area contributed by atoms with E-state index in [1.807, 2.05) is 17.0 Å². The molecular weight excluding hydrogens is 464 g/mol. The monoisotopic (exact) mass is 491 g/mol. The Kier molecular flexibility index (Phi) is 6.99. The van der Waals surface area contributed by atoms with Gasteiger partial charge in [-0.3, -0.25) is 9.78 Å². The number of pyridine rings is 1. The molecule has 1 saturated heterocycles. The fraction of sp³-hybridized carbons (Fsp3) is 0.333. The molecule has 9 heteroatoms. The van der Waals surface area contributed by atoms with Crippen molar-refractivity contribution in [2.45, 2.75) is 19.3 Å². The van der Waals surface area contributed by atoms with E-state index in [0.717, 1.165) is 48.4 Å². The number of likely N-dealkylation sites (N-methyl/N-ethyl adjacent to an activating group) is 1. The maximum Gasteiger partial charge on any atom is 0.272 e. The van der Waals surface area contributed by atoms with Crippen molar-refractivity contribution in [3.05, 3.63) is 76.9 Å². The second-order valence-corrected chi connectivity index (χ2v) is 9.09. The van der Waals surface area contributed by atoms with Gasteiger partial charge in [0.05, 0.1) is 11.4 Å². The van der Waals surface area contributed by atoms with Crippen LogP contribution in [0.2, 0.25) is 0 Å². The smallest absolute Gasteiger partial charge is 0.272 e. The molecule has 3 heterocycles. The standard InChI is InChI=1S/C27H27F2N5O2/c1-33-8-10-34(11-9-33)27(35)21-14-19-3-2-18(12-20(19)15-21)13-26-31-7-5-23(32-26)24-16-22(4-6-30-24)36-17-25(28)29/h2-7,12,15-16,25H,8-11,13-14,17H2,1H3. The molecule has 0 spiro atoms. The van der Waals surface area contributed by atoms with E-state index in [9.17, 15) is 13.6 Å². The number of hydrogen-bond acceptors (Lipinski definition) is 6. The average molecular weight is 492 g/mol. The fourth-order valence-electron chi connectivity index (χ4n) is 4.45. The highest BCUT2D eigenvalue weighted by molar-refractivity contribution is 6.00. The highest BCUT2D eigenvalue weighted by atomic mass is 19.3. The zero-order valence-electron chi connectivity index (χ0n) is 20.0. The molecule has 2 aromatic heterocycles. The molecule has 186 valence electrons. The number of amides is 1. The number of carbonyl (C=O) groups is 1. The predicted molar refractivity (Wildman–Crippen MR) is 132 cm³/mol. The highest BCUT2D eigenvalue weighted by Gasteiger charge is 2.25. The molecule has 7 nitrogen and oxygen atoms in total. The lowest BCUT2D eigenvalue weighted by molar-refractivity contribution is -0.128. The number of carbonyl (C=O) groups excluding carboxylic acids is 1. The lowest BCUT2D eigenvalue weighted by atomic mass is 10.0. The lowest BCUT2D eigenvalue weighted by Crippen LogP contribution is -2.47. The van der Waals surface area contributed by atoms with Crippen LogP contribution in [-0.4, -0.2) is 76.9 Å². The van der Waals surface area contributed by atoms with Gasteiger partial charge in [-0.2, -0.15) is 0 Å². The molecule has 0 bridgehead atoms. The minimum Gasteiger partial charge on any atom is -0.488 e.